The van der Waals surface area contributed by atoms with Gasteiger partial charge in [-0.2, -0.15) is 0 Å². The molecule has 0 radical (unpaired) electrons. The first-order valence-corrected chi connectivity index (χ1v) is 15.5. The summed E-state index contributed by atoms with van der Waals surface area (Å²) in [4.78, 5) is 34.2. The first kappa shape index (κ1) is 31.6. The van der Waals surface area contributed by atoms with Crippen molar-refractivity contribution in [3.8, 4) is 5.75 Å². The lowest BCUT2D eigenvalue weighted by atomic mass is 9.92. The van der Waals surface area contributed by atoms with E-state index in [0.29, 0.717) is 44.9 Å². The normalized spacial score (nSPS) is 20.8. The number of hydrogen-bond donors (Lipinski definition) is 1. The zero-order valence-corrected chi connectivity index (χ0v) is 25.9. The smallest absolute Gasteiger partial charge is 0.320 e. The Hall–Kier alpha value is -3.79. The number of ether oxygens (including phenoxy) is 1. The largest absolute Gasteiger partial charge is 0.508 e. The summed E-state index contributed by atoms with van der Waals surface area (Å²) < 4.78 is 18.9. The maximum atomic E-state index is 13.9. The van der Waals surface area contributed by atoms with Gasteiger partial charge in [0, 0.05) is 63.5 Å². The highest BCUT2D eigenvalue weighted by molar-refractivity contribution is 5.94. The van der Waals surface area contributed by atoms with Gasteiger partial charge in [-0.15, -0.1) is 0 Å². The lowest BCUT2D eigenvalue weighted by molar-refractivity contribution is -0.144. The molecule has 2 heterocycles. The SMILES string of the molecule is CCOC(=O)CN1CCN(C(=O)c2cccc(C(c3cccc(O)c3)N3C[C@@H](C)N(Cc4cccc(F)c4)C[C@H]3C)c2)CC1. The van der Waals surface area contributed by atoms with Crippen LogP contribution in [0.25, 0.3) is 0 Å². The van der Waals surface area contributed by atoms with Gasteiger partial charge in [0.2, 0.25) is 0 Å². The van der Waals surface area contributed by atoms with Gasteiger partial charge in [-0.3, -0.25) is 24.3 Å². The zero-order valence-electron chi connectivity index (χ0n) is 25.9. The van der Waals surface area contributed by atoms with E-state index in [-0.39, 0.29) is 48.1 Å². The number of carbonyl (C=O) groups excluding carboxylic acids is 2. The fourth-order valence-corrected chi connectivity index (χ4v) is 6.47. The molecule has 5 rings (SSSR count). The monoisotopic (exact) mass is 602 g/mol. The van der Waals surface area contributed by atoms with Gasteiger partial charge in [0.15, 0.2) is 0 Å². The number of amides is 1. The van der Waals surface area contributed by atoms with Gasteiger partial charge in [0.1, 0.15) is 11.6 Å². The highest BCUT2D eigenvalue weighted by Gasteiger charge is 2.35. The fraction of sp³-hybridized carbons (Fsp3) is 0.429. The van der Waals surface area contributed by atoms with Crippen LogP contribution in [0.5, 0.6) is 5.75 Å². The highest BCUT2D eigenvalue weighted by atomic mass is 19.1. The Labute approximate surface area is 259 Å². The van der Waals surface area contributed by atoms with Crippen molar-refractivity contribution in [3.63, 3.8) is 0 Å². The van der Waals surface area contributed by atoms with Crippen LogP contribution in [-0.4, -0.2) is 101 Å². The van der Waals surface area contributed by atoms with Crippen LogP contribution in [0.15, 0.2) is 72.8 Å². The van der Waals surface area contributed by atoms with Crippen LogP contribution in [-0.2, 0) is 16.1 Å². The van der Waals surface area contributed by atoms with E-state index in [1.165, 1.54) is 6.07 Å². The second-order valence-corrected chi connectivity index (χ2v) is 12.0. The molecule has 8 nitrogen and oxygen atoms in total. The summed E-state index contributed by atoms with van der Waals surface area (Å²) in [7, 11) is 0. The predicted octanol–water partition coefficient (Wildman–Crippen LogP) is 4.54. The Balaban J connectivity index is 1.35. The standard InChI is InChI=1S/C35H43FN4O4/c1-4-44-33(42)24-37-14-16-38(17-15-37)35(43)30-11-6-9-28(19-30)34(29-10-7-13-32(41)20-29)40-22-25(2)39(21-26(40)3)23-27-8-5-12-31(36)18-27/h5-13,18-20,25-26,34,41H,4,14-17,21-24H2,1-3H3/t25-,26-,34?/m1/s1. The fourth-order valence-electron chi connectivity index (χ4n) is 6.47. The third kappa shape index (κ3) is 7.64. The Kier molecular flexibility index (Phi) is 10.3. The van der Waals surface area contributed by atoms with Crippen molar-refractivity contribution in [2.75, 3.05) is 52.4 Å². The van der Waals surface area contributed by atoms with Crippen molar-refractivity contribution in [1.29, 1.82) is 0 Å². The number of nitrogens with zero attached hydrogens (tertiary/aromatic N) is 4. The van der Waals surface area contributed by atoms with Crippen molar-refractivity contribution in [1.82, 2.24) is 19.6 Å². The second kappa shape index (κ2) is 14.3. The van der Waals surface area contributed by atoms with Crippen molar-refractivity contribution >= 4 is 11.9 Å². The molecule has 234 valence electrons. The Morgan fingerprint density at radius 1 is 0.909 bits per heavy atom. The summed E-state index contributed by atoms with van der Waals surface area (Å²) >= 11 is 0. The number of halogens is 1. The van der Waals surface area contributed by atoms with E-state index in [0.717, 1.165) is 29.8 Å². The van der Waals surface area contributed by atoms with Gasteiger partial charge in [-0.1, -0.05) is 36.4 Å². The highest BCUT2D eigenvalue weighted by Crippen LogP contribution is 2.35. The number of aromatic hydroxyl groups is 1. The second-order valence-electron chi connectivity index (χ2n) is 12.0. The molecule has 1 unspecified atom stereocenters. The zero-order chi connectivity index (χ0) is 31.2. The Morgan fingerprint density at radius 3 is 2.32 bits per heavy atom. The van der Waals surface area contributed by atoms with E-state index >= 15 is 0 Å². The summed E-state index contributed by atoms with van der Waals surface area (Å²) in [5, 5.41) is 10.4. The number of rotatable bonds is 9. The van der Waals surface area contributed by atoms with Gasteiger partial charge in [-0.05, 0) is 73.9 Å². The molecule has 9 heteroatoms. The van der Waals surface area contributed by atoms with Gasteiger partial charge in [0.05, 0.1) is 19.2 Å². The molecular formula is C35H43FN4O4. The van der Waals surface area contributed by atoms with Gasteiger partial charge >= 0.3 is 5.97 Å². The minimum atomic E-state index is -0.240. The van der Waals surface area contributed by atoms with Gasteiger partial charge < -0.3 is 14.7 Å². The van der Waals surface area contributed by atoms with Crippen molar-refractivity contribution in [2.24, 2.45) is 0 Å². The molecule has 2 saturated heterocycles. The number of esters is 1. The number of carbonyl (C=O) groups is 2. The van der Waals surface area contributed by atoms with Crippen molar-refractivity contribution < 1.29 is 23.8 Å². The van der Waals surface area contributed by atoms with E-state index in [4.69, 9.17) is 4.74 Å². The summed E-state index contributed by atoms with van der Waals surface area (Å²) in [6, 6.07) is 22.2. The molecule has 44 heavy (non-hydrogen) atoms. The van der Waals surface area contributed by atoms with E-state index in [2.05, 4.69) is 29.7 Å². The van der Waals surface area contributed by atoms with Crippen LogP contribution < -0.4 is 0 Å². The molecule has 3 aromatic carbocycles. The predicted molar refractivity (Wildman–Crippen MR) is 168 cm³/mol. The van der Waals surface area contributed by atoms with Gasteiger partial charge in [0.25, 0.3) is 5.91 Å². The molecular weight excluding hydrogens is 559 g/mol. The molecule has 0 spiro atoms. The molecule has 3 atom stereocenters. The maximum Gasteiger partial charge on any atom is 0.320 e. The minimum absolute atomic E-state index is 0.0291. The molecule has 1 amide bonds. The quantitative estimate of drug-likeness (QED) is 0.361. The number of benzene rings is 3. The van der Waals surface area contributed by atoms with E-state index in [1.54, 1.807) is 31.2 Å². The van der Waals surface area contributed by atoms with Crippen LogP contribution in [0.1, 0.15) is 53.9 Å². The van der Waals surface area contributed by atoms with Gasteiger partial charge in [-0.25, -0.2) is 4.39 Å². The summed E-state index contributed by atoms with van der Waals surface area (Å²) in [6.45, 7) is 11.3. The number of phenols is 1. The summed E-state index contributed by atoms with van der Waals surface area (Å²) in [5.41, 5.74) is 3.52. The maximum absolute atomic E-state index is 13.9. The van der Waals surface area contributed by atoms with Crippen LogP contribution in [0.4, 0.5) is 4.39 Å². The first-order valence-electron chi connectivity index (χ1n) is 15.5. The molecule has 0 bridgehead atoms. The van der Waals surface area contributed by atoms with Crippen LogP contribution in [0, 0.1) is 5.82 Å². The third-order valence-corrected chi connectivity index (χ3v) is 8.72. The topological polar surface area (TPSA) is 76.6 Å². The molecule has 1 N–H and O–H groups in total. The first-order chi connectivity index (χ1) is 21.2. The van der Waals surface area contributed by atoms with E-state index < -0.39 is 0 Å². The summed E-state index contributed by atoms with van der Waals surface area (Å²) in [5.74, 6) is -0.292. The Morgan fingerprint density at radius 2 is 1.61 bits per heavy atom. The lowest BCUT2D eigenvalue weighted by Gasteiger charge is -2.47. The molecule has 0 aromatic heterocycles. The summed E-state index contributed by atoms with van der Waals surface area (Å²) in [6.07, 6.45) is 0. The van der Waals surface area contributed by atoms with Crippen molar-refractivity contribution in [3.05, 3.63) is 101 Å². The van der Waals surface area contributed by atoms with Crippen LogP contribution in [0.2, 0.25) is 0 Å². The van der Waals surface area contributed by atoms with Crippen LogP contribution in [0.3, 0.4) is 0 Å². The molecule has 2 fully saturated rings. The minimum Gasteiger partial charge on any atom is -0.508 e. The Bertz CT molecular complexity index is 1440. The average molecular weight is 603 g/mol. The number of phenolic OH excluding ortho intramolecular Hbond substituents is 1. The number of hydrogen-bond acceptors (Lipinski definition) is 7. The molecule has 2 aliphatic rings. The molecule has 3 aromatic rings. The van der Waals surface area contributed by atoms with E-state index in [1.807, 2.05) is 46.2 Å². The average Bonchev–Trinajstić information content (AvgIpc) is 3.00. The molecule has 0 aliphatic carbocycles. The van der Waals surface area contributed by atoms with Crippen LogP contribution >= 0.6 is 0 Å². The third-order valence-electron chi connectivity index (χ3n) is 8.72. The van der Waals surface area contributed by atoms with E-state index in [9.17, 15) is 19.1 Å². The molecule has 2 aliphatic heterocycles. The lowest BCUT2D eigenvalue weighted by Crippen LogP contribution is -2.56. The van der Waals surface area contributed by atoms with Crippen molar-refractivity contribution in [2.45, 2.75) is 45.4 Å². The molecule has 0 saturated carbocycles. The number of piperazine rings is 2.